The van der Waals surface area contributed by atoms with Gasteiger partial charge >= 0.3 is 0 Å². The molecule has 8 heteroatoms. The molecule has 0 aliphatic carbocycles. The Labute approximate surface area is 134 Å². The van der Waals surface area contributed by atoms with Gasteiger partial charge in [0.1, 0.15) is 12.4 Å². The lowest BCUT2D eigenvalue weighted by Crippen LogP contribution is -2.35. The number of nitrogens with one attached hydrogen (secondary N) is 1. The Bertz CT molecular complexity index is 707. The molecule has 1 aliphatic heterocycles. The van der Waals surface area contributed by atoms with E-state index in [1.165, 1.54) is 0 Å². The van der Waals surface area contributed by atoms with Crippen LogP contribution in [0.3, 0.4) is 0 Å². The number of hydrogen-bond acceptors (Lipinski definition) is 5. The van der Waals surface area contributed by atoms with Gasteiger partial charge in [-0.25, -0.2) is 4.98 Å². The van der Waals surface area contributed by atoms with Crippen LogP contribution >= 0.6 is 0 Å². The van der Waals surface area contributed by atoms with Gasteiger partial charge in [0.25, 0.3) is 0 Å². The van der Waals surface area contributed by atoms with E-state index in [4.69, 9.17) is 4.74 Å². The van der Waals surface area contributed by atoms with Gasteiger partial charge in [-0.1, -0.05) is 0 Å². The van der Waals surface area contributed by atoms with Crippen LogP contribution in [0.2, 0.25) is 0 Å². The number of aryl methyl sites for hydroxylation is 3. The SMILES string of the molecule is CO[C@H]1C[C@@H](c2n[nH]c(C)n2)N(C(=O)Cn2nc(C)cc2C)C1. The Hall–Kier alpha value is -2.22. The van der Waals surface area contributed by atoms with Gasteiger partial charge in [-0.2, -0.15) is 10.2 Å². The normalized spacial score (nSPS) is 21.1. The highest BCUT2D eigenvalue weighted by atomic mass is 16.5. The molecule has 1 aliphatic rings. The number of methoxy groups -OCH3 is 1. The minimum atomic E-state index is -0.158. The number of nitrogens with zero attached hydrogens (tertiary/aromatic N) is 5. The van der Waals surface area contributed by atoms with Gasteiger partial charge in [0, 0.05) is 25.8 Å². The van der Waals surface area contributed by atoms with Crippen molar-refractivity contribution in [3.05, 3.63) is 29.1 Å². The molecule has 0 saturated carbocycles. The largest absolute Gasteiger partial charge is 0.380 e. The molecule has 1 N–H and O–H groups in total. The van der Waals surface area contributed by atoms with Crippen LogP contribution in [0.1, 0.15) is 35.5 Å². The molecule has 124 valence electrons. The topological polar surface area (TPSA) is 88.9 Å². The van der Waals surface area contributed by atoms with E-state index in [0.29, 0.717) is 18.8 Å². The van der Waals surface area contributed by atoms with Crippen LogP contribution in [0.15, 0.2) is 6.07 Å². The van der Waals surface area contributed by atoms with Crippen LogP contribution < -0.4 is 0 Å². The van der Waals surface area contributed by atoms with Crippen LogP contribution in [0.25, 0.3) is 0 Å². The monoisotopic (exact) mass is 318 g/mol. The number of amides is 1. The molecule has 3 rings (SSSR count). The second-order valence-electron chi connectivity index (χ2n) is 6.02. The molecule has 0 spiro atoms. The van der Waals surface area contributed by atoms with Crippen LogP contribution in [0.5, 0.6) is 0 Å². The number of carbonyl (C=O) groups excluding carboxylic acids is 1. The lowest BCUT2D eigenvalue weighted by molar-refractivity contribution is -0.133. The molecular formula is C15H22N6O2. The number of hydrogen-bond donors (Lipinski definition) is 1. The van der Waals surface area contributed by atoms with E-state index in [1.54, 1.807) is 16.7 Å². The van der Waals surface area contributed by atoms with Crippen LogP contribution in [-0.4, -0.2) is 55.5 Å². The smallest absolute Gasteiger partial charge is 0.245 e. The maximum absolute atomic E-state index is 12.8. The molecular weight excluding hydrogens is 296 g/mol. The molecule has 2 atom stereocenters. The summed E-state index contributed by atoms with van der Waals surface area (Å²) in [5.74, 6) is 1.39. The summed E-state index contributed by atoms with van der Waals surface area (Å²) in [4.78, 5) is 19.0. The van der Waals surface area contributed by atoms with Crippen molar-refractivity contribution in [3.63, 3.8) is 0 Å². The fourth-order valence-corrected chi connectivity index (χ4v) is 3.05. The Kier molecular flexibility index (Phi) is 4.16. The van der Waals surface area contributed by atoms with Gasteiger partial charge in [-0.15, -0.1) is 0 Å². The molecule has 8 nitrogen and oxygen atoms in total. The predicted molar refractivity (Wildman–Crippen MR) is 82.7 cm³/mol. The molecule has 0 aromatic carbocycles. The van der Waals surface area contributed by atoms with E-state index in [-0.39, 0.29) is 24.6 Å². The molecule has 23 heavy (non-hydrogen) atoms. The van der Waals surface area contributed by atoms with Gasteiger partial charge in [-0.3, -0.25) is 14.6 Å². The van der Waals surface area contributed by atoms with Gasteiger partial charge in [0.2, 0.25) is 5.91 Å². The summed E-state index contributed by atoms with van der Waals surface area (Å²) in [6, 6.07) is 1.81. The van der Waals surface area contributed by atoms with Crippen molar-refractivity contribution >= 4 is 5.91 Å². The van der Waals surface area contributed by atoms with Gasteiger partial charge in [0.15, 0.2) is 5.82 Å². The van der Waals surface area contributed by atoms with Gasteiger partial charge in [-0.05, 0) is 26.8 Å². The molecule has 0 unspecified atom stereocenters. The number of aromatic nitrogens is 5. The summed E-state index contributed by atoms with van der Waals surface area (Å²) in [6.07, 6.45) is 0.708. The summed E-state index contributed by atoms with van der Waals surface area (Å²) >= 11 is 0. The first-order valence-corrected chi connectivity index (χ1v) is 7.70. The van der Waals surface area contributed by atoms with Gasteiger partial charge in [0.05, 0.1) is 17.8 Å². The third kappa shape index (κ3) is 3.12. The first kappa shape index (κ1) is 15.7. The van der Waals surface area contributed by atoms with E-state index in [1.807, 2.05) is 26.8 Å². The van der Waals surface area contributed by atoms with E-state index >= 15 is 0 Å². The van der Waals surface area contributed by atoms with Crippen molar-refractivity contribution in [2.45, 2.75) is 45.9 Å². The number of aromatic amines is 1. The molecule has 1 amide bonds. The first-order chi connectivity index (χ1) is 11.0. The van der Waals surface area contributed by atoms with E-state index in [9.17, 15) is 4.79 Å². The van der Waals surface area contributed by atoms with Crippen molar-refractivity contribution in [1.29, 1.82) is 0 Å². The zero-order valence-corrected chi connectivity index (χ0v) is 13.9. The Morgan fingerprint density at radius 1 is 1.43 bits per heavy atom. The third-order valence-corrected chi connectivity index (χ3v) is 4.22. The predicted octanol–water partition coefficient (Wildman–Crippen LogP) is 0.915. The molecule has 1 fully saturated rings. The number of rotatable bonds is 4. The molecule has 2 aromatic heterocycles. The Morgan fingerprint density at radius 2 is 2.22 bits per heavy atom. The minimum absolute atomic E-state index is 0.00297. The summed E-state index contributed by atoms with van der Waals surface area (Å²) in [6.45, 7) is 6.49. The first-order valence-electron chi connectivity index (χ1n) is 7.70. The lowest BCUT2D eigenvalue weighted by Gasteiger charge is -2.22. The minimum Gasteiger partial charge on any atom is -0.380 e. The zero-order chi connectivity index (χ0) is 16.6. The summed E-state index contributed by atoms with van der Waals surface area (Å²) in [5.41, 5.74) is 1.89. The summed E-state index contributed by atoms with van der Waals surface area (Å²) < 4.78 is 7.18. The van der Waals surface area contributed by atoms with Crippen molar-refractivity contribution in [3.8, 4) is 0 Å². The molecule has 0 radical (unpaired) electrons. The molecule has 0 bridgehead atoms. The van der Waals surface area contributed by atoms with Crippen molar-refractivity contribution in [1.82, 2.24) is 29.9 Å². The maximum Gasteiger partial charge on any atom is 0.245 e. The lowest BCUT2D eigenvalue weighted by atomic mass is 10.2. The van der Waals surface area contributed by atoms with Crippen molar-refractivity contribution in [2.75, 3.05) is 13.7 Å². The fraction of sp³-hybridized carbons (Fsp3) is 0.600. The summed E-state index contributed by atoms with van der Waals surface area (Å²) in [5, 5.41) is 11.4. The van der Waals surface area contributed by atoms with Gasteiger partial charge < -0.3 is 9.64 Å². The average Bonchev–Trinajstić information content (AvgIpc) is 3.18. The number of ether oxygens (including phenoxy) is 1. The van der Waals surface area contributed by atoms with Crippen molar-refractivity contribution < 1.29 is 9.53 Å². The zero-order valence-electron chi connectivity index (χ0n) is 13.9. The number of carbonyl (C=O) groups is 1. The quantitative estimate of drug-likeness (QED) is 0.905. The highest BCUT2D eigenvalue weighted by molar-refractivity contribution is 5.77. The Morgan fingerprint density at radius 3 is 2.78 bits per heavy atom. The Balaban J connectivity index is 1.80. The average molecular weight is 318 g/mol. The summed E-state index contributed by atoms with van der Waals surface area (Å²) in [7, 11) is 1.67. The van der Waals surface area contributed by atoms with E-state index in [0.717, 1.165) is 17.2 Å². The highest BCUT2D eigenvalue weighted by Crippen LogP contribution is 2.31. The van der Waals surface area contributed by atoms with E-state index in [2.05, 4.69) is 20.3 Å². The molecule has 2 aromatic rings. The standard InChI is InChI=1S/C15H22N6O2/c1-9-5-10(2)21(19-9)8-14(22)20-7-12(23-4)6-13(20)15-16-11(3)17-18-15/h5,12-13H,6-8H2,1-4H3,(H,16,17,18)/t12-,13-/m0/s1. The third-order valence-electron chi connectivity index (χ3n) is 4.22. The molecule has 3 heterocycles. The maximum atomic E-state index is 12.8. The van der Waals surface area contributed by atoms with Crippen molar-refractivity contribution in [2.24, 2.45) is 0 Å². The second kappa shape index (κ2) is 6.11. The number of likely N-dealkylation sites (tertiary alicyclic amines) is 1. The second-order valence-corrected chi connectivity index (χ2v) is 6.02. The van der Waals surface area contributed by atoms with Crippen LogP contribution in [0, 0.1) is 20.8 Å². The molecule has 1 saturated heterocycles. The number of H-pyrrole nitrogens is 1. The van der Waals surface area contributed by atoms with Crippen LogP contribution in [-0.2, 0) is 16.1 Å². The fourth-order valence-electron chi connectivity index (χ4n) is 3.05. The van der Waals surface area contributed by atoms with Crippen LogP contribution in [0.4, 0.5) is 0 Å². The highest BCUT2D eigenvalue weighted by Gasteiger charge is 2.38. The van der Waals surface area contributed by atoms with E-state index < -0.39 is 0 Å².